The molecule has 0 aliphatic heterocycles. The molecule has 0 spiro atoms. The molecule has 26 heavy (non-hydrogen) atoms. The highest BCUT2D eigenvalue weighted by molar-refractivity contribution is 5.92. The average molecular weight is 344 g/mol. The Kier molecular flexibility index (Phi) is 5.15. The van der Waals surface area contributed by atoms with E-state index in [1.807, 2.05) is 18.2 Å². The van der Waals surface area contributed by atoms with Crippen LogP contribution in [0.3, 0.4) is 0 Å². The van der Waals surface area contributed by atoms with Crippen molar-refractivity contribution in [2.45, 2.75) is 13.5 Å². The van der Waals surface area contributed by atoms with Gasteiger partial charge in [0.05, 0.1) is 23.5 Å². The summed E-state index contributed by atoms with van der Waals surface area (Å²) in [6, 6.07) is 16.2. The molecule has 0 radical (unpaired) electrons. The first-order valence-electron chi connectivity index (χ1n) is 7.95. The van der Waals surface area contributed by atoms with E-state index in [0.29, 0.717) is 23.5 Å². The van der Waals surface area contributed by atoms with Gasteiger partial charge >= 0.3 is 0 Å². The lowest BCUT2D eigenvalue weighted by Crippen LogP contribution is -2.24. The quantitative estimate of drug-likeness (QED) is 0.737. The number of anilines is 2. The molecule has 128 valence electrons. The Morgan fingerprint density at radius 1 is 1.15 bits per heavy atom. The van der Waals surface area contributed by atoms with E-state index in [1.165, 1.54) is 0 Å². The van der Waals surface area contributed by atoms with Crippen LogP contribution in [0.4, 0.5) is 11.6 Å². The number of rotatable bonds is 5. The largest absolute Gasteiger partial charge is 0.345 e. The van der Waals surface area contributed by atoms with Crippen molar-refractivity contribution in [3.05, 3.63) is 77.4 Å². The number of aryl methyl sites for hydroxylation is 1. The van der Waals surface area contributed by atoms with E-state index in [0.717, 1.165) is 5.69 Å². The van der Waals surface area contributed by atoms with Gasteiger partial charge in [-0.05, 0) is 37.3 Å². The Balaban J connectivity index is 1.77. The van der Waals surface area contributed by atoms with E-state index in [2.05, 4.69) is 31.7 Å². The maximum Gasteiger partial charge on any atom is 0.270 e. The fourth-order valence-electron chi connectivity index (χ4n) is 2.31. The summed E-state index contributed by atoms with van der Waals surface area (Å²) in [5.41, 5.74) is 2.69. The minimum absolute atomic E-state index is 0.241. The number of nitriles is 1. The van der Waals surface area contributed by atoms with Crippen molar-refractivity contribution in [1.82, 2.24) is 20.3 Å². The first-order chi connectivity index (χ1) is 12.7. The fourth-order valence-corrected chi connectivity index (χ4v) is 2.31. The Morgan fingerprint density at radius 2 is 1.96 bits per heavy atom. The molecule has 3 aromatic rings. The molecule has 0 unspecified atom stereocenters. The number of carbonyl (C=O) groups is 1. The molecule has 2 aromatic heterocycles. The molecule has 1 amide bonds. The van der Waals surface area contributed by atoms with Gasteiger partial charge in [-0.1, -0.05) is 18.2 Å². The van der Waals surface area contributed by atoms with E-state index in [-0.39, 0.29) is 17.5 Å². The number of para-hydroxylation sites is 1. The van der Waals surface area contributed by atoms with Crippen molar-refractivity contribution in [3.63, 3.8) is 0 Å². The zero-order valence-corrected chi connectivity index (χ0v) is 14.1. The van der Waals surface area contributed by atoms with Crippen LogP contribution in [0.15, 0.2) is 54.7 Å². The second-order valence-electron chi connectivity index (χ2n) is 5.50. The van der Waals surface area contributed by atoms with Crippen molar-refractivity contribution in [2.24, 2.45) is 0 Å². The van der Waals surface area contributed by atoms with Crippen LogP contribution >= 0.6 is 0 Å². The smallest absolute Gasteiger partial charge is 0.270 e. The first kappa shape index (κ1) is 17.0. The monoisotopic (exact) mass is 344 g/mol. The lowest BCUT2D eigenvalue weighted by atomic mass is 10.2. The number of nitrogens with zero attached hydrogens (tertiary/aromatic N) is 4. The maximum atomic E-state index is 12.4. The predicted molar refractivity (Wildman–Crippen MR) is 96.6 cm³/mol. The third-order valence-corrected chi connectivity index (χ3v) is 3.54. The molecular weight excluding hydrogens is 328 g/mol. The molecular formula is C19H16N6O. The SMILES string of the molecule is Cc1cc(C(=O)NCc2ccccn2)nc(Nc2ccccc2C#N)n1. The highest BCUT2D eigenvalue weighted by Gasteiger charge is 2.12. The van der Waals surface area contributed by atoms with Crippen LogP contribution in [-0.4, -0.2) is 20.9 Å². The summed E-state index contributed by atoms with van der Waals surface area (Å²) >= 11 is 0. The number of nitrogens with one attached hydrogen (secondary N) is 2. The second kappa shape index (κ2) is 7.85. The molecule has 7 nitrogen and oxygen atoms in total. The van der Waals surface area contributed by atoms with E-state index in [9.17, 15) is 10.1 Å². The van der Waals surface area contributed by atoms with E-state index in [1.54, 1.807) is 43.5 Å². The number of benzene rings is 1. The molecule has 0 fully saturated rings. The zero-order valence-electron chi connectivity index (χ0n) is 14.1. The molecule has 0 saturated heterocycles. The Bertz CT molecular complexity index is 965. The molecule has 0 atom stereocenters. The van der Waals surface area contributed by atoms with Crippen LogP contribution in [0, 0.1) is 18.3 Å². The van der Waals surface area contributed by atoms with Crippen LogP contribution < -0.4 is 10.6 Å². The number of aromatic nitrogens is 3. The van der Waals surface area contributed by atoms with Gasteiger partial charge in [0, 0.05) is 11.9 Å². The lowest BCUT2D eigenvalue weighted by molar-refractivity contribution is 0.0945. The fraction of sp³-hybridized carbons (Fsp3) is 0.105. The van der Waals surface area contributed by atoms with Gasteiger partial charge in [-0.2, -0.15) is 5.26 Å². The summed E-state index contributed by atoms with van der Waals surface area (Å²) < 4.78 is 0. The van der Waals surface area contributed by atoms with Gasteiger partial charge in [-0.15, -0.1) is 0 Å². The number of pyridine rings is 1. The summed E-state index contributed by atoms with van der Waals surface area (Å²) in [6.07, 6.45) is 1.67. The Morgan fingerprint density at radius 3 is 2.73 bits per heavy atom. The molecule has 0 aliphatic carbocycles. The van der Waals surface area contributed by atoms with Gasteiger partial charge in [0.1, 0.15) is 11.8 Å². The van der Waals surface area contributed by atoms with Crippen LogP contribution in [0.5, 0.6) is 0 Å². The summed E-state index contributed by atoms with van der Waals surface area (Å²) in [6.45, 7) is 2.08. The van der Waals surface area contributed by atoms with Gasteiger partial charge in [0.25, 0.3) is 5.91 Å². The lowest BCUT2D eigenvalue weighted by Gasteiger charge is -2.09. The topological polar surface area (TPSA) is 104 Å². The van der Waals surface area contributed by atoms with Crippen LogP contribution in [0.1, 0.15) is 27.4 Å². The van der Waals surface area contributed by atoms with E-state index >= 15 is 0 Å². The van der Waals surface area contributed by atoms with E-state index in [4.69, 9.17) is 0 Å². The normalized spacial score (nSPS) is 10.0. The highest BCUT2D eigenvalue weighted by atomic mass is 16.1. The molecule has 2 N–H and O–H groups in total. The summed E-state index contributed by atoms with van der Waals surface area (Å²) in [4.78, 5) is 25.1. The van der Waals surface area contributed by atoms with Gasteiger partial charge in [-0.3, -0.25) is 9.78 Å². The van der Waals surface area contributed by atoms with Crippen molar-refractivity contribution in [3.8, 4) is 6.07 Å². The molecule has 0 aliphatic rings. The van der Waals surface area contributed by atoms with Crippen molar-refractivity contribution in [1.29, 1.82) is 5.26 Å². The molecule has 0 bridgehead atoms. The highest BCUT2D eigenvalue weighted by Crippen LogP contribution is 2.18. The van der Waals surface area contributed by atoms with Gasteiger partial charge in [-0.25, -0.2) is 9.97 Å². The third kappa shape index (κ3) is 4.19. The zero-order chi connectivity index (χ0) is 18.4. The number of hydrogen-bond donors (Lipinski definition) is 2. The number of hydrogen-bond acceptors (Lipinski definition) is 6. The number of amides is 1. The van der Waals surface area contributed by atoms with Gasteiger partial charge < -0.3 is 10.6 Å². The van der Waals surface area contributed by atoms with Gasteiger partial charge in [0.15, 0.2) is 0 Å². The first-order valence-corrected chi connectivity index (χ1v) is 7.95. The Hall–Kier alpha value is -3.79. The molecule has 3 rings (SSSR count). The van der Waals surface area contributed by atoms with Crippen molar-refractivity contribution >= 4 is 17.5 Å². The van der Waals surface area contributed by atoms with Gasteiger partial charge in [0.2, 0.25) is 5.95 Å². The summed E-state index contributed by atoms with van der Waals surface area (Å²) in [7, 11) is 0. The molecule has 1 aromatic carbocycles. The predicted octanol–water partition coefficient (Wildman–Crippen LogP) is 2.73. The maximum absolute atomic E-state index is 12.4. The molecule has 2 heterocycles. The van der Waals surface area contributed by atoms with Crippen molar-refractivity contribution in [2.75, 3.05) is 5.32 Å². The molecule has 7 heteroatoms. The Labute approximate surface area is 150 Å². The van der Waals surface area contributed by atoms with E-state index < -0.39 is 0 Å². The minimum Gasteiger partial charge on any atom is -0.345 e. The summed E-state index contributed by atoms with van der Waals surface area (Å²) in [5.74, 6) is -0.0616. The third-order valence-electron chi connectivity index (χ3n) is 3.54. The summed E-state index contributed by atoms with van der Waals surface area (Å²) in [5, 5.41) is 15.0. The average Bonchev–Trinajstić information content (AvgIpc) is 2.67. The van der Waals surface area contributed by atoms with Crippen LogP contribution in [0.2, 0.25) is 0 Å². The van der Waals surface area contributed by atoms with Crippen LogP contribution in [-0.2, 0) is 6.54 Å². The minimum atomic E-state index is -0.322. The van der Waals surface area contributed by atoms with Crippen molar-refractivity contribution < 1.29 is 4.79 Å². The van der Waals surface area contributed by atoms with Crippen LogP contribution in [0.25, 0.3) is 0 Å². The second-order valence-corrected chi connectivity index (χ2v) is 5.50. The standard InChI is InChI=1S/C19H16N6O/c1-13-10-17(18(26)22-12-15-7-4-5-9-21-15)25-19(23-13)24-16-8-3-2-6-14(16)11-20/h2-10H,12H2,1H3,(H,22,26)(H,23,24,25). The molecule has 0 saturated carbocycles. The number of carbonyl (C=O) groups excluding carboxylic acids is 1.